The summed E-state index contributed by atoms with van der Waals surface area (Å²) in [5, 5.41) is 4.48. The summed E-state index contributed by atoms with van der Waals surface area (Å²) in [4.78, 5) is 8.65. The van der Waals surface area contributed by atoms with Gasteiger partial charge in [0.15, 0.2) is 5.82 Å². The highest BCUT2D eigenvalue weighted by atomic mass is 32.2. The second-order valence-electron chi connectivity index (χ2n) is 7.23. The largest absolute Gasteiger partial charge is 0.439 e. The maximum absolute atomic E-state index is 12.3. The molecule has 1 N–H and O–H groups in total. The fraction of sp³-hybridized carbons (Fsp3) is 0.350. The van der Waals surface area contributed by atoms with Crippen LogP contribution in [0.4, 0.5) is 18.9 Å². The molecule has 0 aliphatic rings. The summed E-state index contributed by atoms with van der Waals surface area (Å²) in [6.45, 7) is 7.53. The van der Waals surface area contributed by atoms with Crippen LogP contribution in [0.1, 0.15) is 29.2 Å². The Morgan fingerprint density at radius 1 is 1.06 bits per heavy atom. The third kappa shape index (κ3) is 5.96. The summed E-state index contributed by atoms with van der Waals surface area (Å²) in [6, 6.07) is 7.36. The molecule has 3 rings (SSSR count). The minimum Gasteiger partial charge on any atom is -0.439 e. The Morgan fingerprint density at radius 3 is 2.28 bits per heavy atom. The maximum Gasteiger partial charge on any atom is 0.390 e. The molecule has 12 heteroatoms. The van der Waals surface area contributed by atoms with Crippen LogP contribution in [0, 0.1) is 27.7 Å². The van der Waals surface area contributed by atoms with Crippen molar-refractivity contribution in [3.8, 4) is 17.4 Å². The van der Waals surface area contributed by atoms with Gasteiger partial charge in [0.1, 0.15) is 11.6 Å². The van der Waals surface area contributed by atoms with E-state index in [0.29, 0.717) is 17.4 Å². The van der Waals surface area contributed by atoms with E-state index in [9.17, 15) is 21.6 Å². The number of hydrogen-bond acceptors (Lipinski definition) is 6. The molecular formula is C20H22F3N5O3S. The van der Waals surface area contributed by atoms with Crippen LogP contribution < -0.4 is 9.46 Å². The van der Waals surface area contributed by atoms with Gasteiger partial charge in [-0.25, -0.2) is 18.1 Å². The number of ether oxygens (including phenoxy) is 1. The summed E-state index contributed by atoms with van der Waals surface area (Å²) >= 11 is 0. The van der Waals surface area contributed by atoms with E-state index in [4.69, 9.17) is 4.74 Å². The molecule has 0 radical (unpaired) electrons. The zero-order chi connectivity index (χ0) is 23.7. The lowest BCUT2D eigenvalue weighted by molar-refractivity contribution is -0.129. The van der Waals surface area contributed by atoms with Crippen molar-refractivity contribution >= 4 is 15.7 Å². The third-order valence-electron chi connectivity index (χ3n) is 4.68. The van der Waals surface area contributed by atoms with Crippen LogP contribution in [0.3, 0.4) is 0 Å². The van der Waals surface area contributed by atoms with Crippen LogP contribution in [0.25, 0.3) is 5.82 Å². The molecule has 3 aromatic rings. The lowest BCUT2D eigenvalue weighted by atomic mass is 10.2. The van der Waals surface area contributed by atoms with Crippen LogP contribution in [-0.4, -0.2) is 40.1 Å². The van der Waals surface area contributed by atoms with Gasteiger partial charge >= 0.3 is 6.18 Å². The Morgan fingerprint density at radius 2 is 1.72 bits per heavy atom. The first-order valence-electron chi connectivity index (χ1n) is 9.57. The molecule has 0 spiro atoms. The molecule has 0 amide bonds. The second-order valence-corrected chi connectivity index (χ2v) is 9.07. The van der Waals surface area contributed by atoms with Gasteiger partial charge in [-0.05, 0) is 57.5 Å². The highest BCUT2D eigenvalue weighted by molar-refractivity contribution is 7.92. The zero-order valence-corrected chi connectivity index (χ0v) is 18.7. The van der Waals surface area contributed by atoms with Crippen molar-refractivity contribution in [1.82, 2.24) is 19.7 Å². The number of aromatic nitrogens is 4. The molecule has 0 bridgehead atoms. The number of benzene rings is 1. The van der Waals surface area contributed by atoms with Gasteiger partial charge in [-0.3, -0.25) is 4.72 Å². The maximum atomic E-state index is 12.3. The summed E-state index contributed by atoms with van der Waals surface area (Å²) in [5.41, 5.74) is 3.00. The van der Waals surface area contributed by atoms with E-state index in [1.807, 2.05) is 20.8 Å². The van der Waals surface area contributed by atoms with Crippen molar-refractivity contribution in [2.45, 2.75) is 40.3 Å². The quantitative estimate of drug-likeness (QED) is 0.551. The van der Waals surface area contributed by atoms with Gasteiger partial charge in [0.05, 0.1) is 17.9 Å². The van der Waals surface area contributed by atoms with Crippen molar-refractivity contribution in [1.29, 1.82) is 0 Å². The van der Waals surface area contributed by atoms with Gasteiger partial charge in [0.25, 0.3) is 0 Å². The Balaban J connectivity index is 1.74. The molecule has 2 aromatic heterocycles. The van der Waals surface area contributed by atoms with Crippen LogP contribution in [0.5, 0.6) is 11.6 Å². The standard InChI is InChI=1S/C20H22F3N5O3S/c1-12-13(2)26-28(14(12)3)18-11-19(25-15(4)24-18)31-17-7-5-16(6-8-17)27-32(29,30)10-9-20(21,22)23/h5-8,11,27H,9-10H2,1-4H3. The highest BCUT2D eigenvalue weighted by Gasteiger charge is 2.29. The van der Waals surface area contributed by atoms with E-state index >= 15 is 0 Å². The fourth-order valence-corrected chi connectivity index (χ4v) is 3.92. The molecule has 0 saturated carbocycles. The molecule has 0 unspecified atom stereocenters. The minimum absolute atomic E-state index is 0.122. The van der Waals surface area contributed by atoms with Crippen LogP contribution in [0.15, 0.2) is 30.3 Å². The zero-order valence-electron chi connectivity index (χ0n) is 17.9. The first-order valence-corrected chi connectivity index (χ1v) is 11.2. The molecule has 0 aliphatic carbocycles. The van der Waals surface area contributed by atoms with Gasteiger partial charge in [-0.15, -0.1) is 0 Å². The minimum atomic E-state index is -4.55. The Labute approximate surface area is 183 Å². The predicted molar refractivity (Wildman–Crippen MR) is 113 cm³/mol. The molecule has 0 fully saturated rings. The van der Waals surface area contributed by atoms with E-state index in [0.717, 1.165) is 17.0 Å². The summed E-state index contributed by atoms with van der Waals surface area (Å²) in [5.74, 6) is 0.573. The monoisotopic (exact) mass is 469 g/mol. The van der Waals surface area contributed by atoms with Crippen molar-refractivity contribution in [3.05, 3.63) is 53.1 Å². The van der Waals surface area contributed by atoms with Gasteiger partial charge in [-0.1, -0.05) is 0 Å². The molecule has 1 aromatic carbocycles. The Bertz CT molecular complexity index is 1220. The predicted octanol–water partition coefficient (Wildman–Crippen LogP) is 4.38. The summed E-state index contributed by atoms with van der Waals surface area (Å²) in [7, 11) is -4.13. The van der Waals surface area contributed by atoms with Crippen LogP contribution >= 0.6 is 0 Å². The normalized spacial score (nSPS) is 12.1. The van der Waals surface area contributed by atoms with Gasteiger partial charge in [0.2, 0.25) is 15.9 Å². The van der Waals surface area contributed by atoms with Gasteiger partial charge in [-0.2, -0.15) is 23.3 Å². The van der Waals surface area contributed by atoms with Gasteiger partial charge in [0, 0.05) is 17.4 Å². The lowest BCUT2D eigenvalue weighted by Crippen LogP contribution is -2.21. The molecule has 0 atom stereocenters. The molecule has 2 heterocycles. The van der Waals surface area contributed by atoms with Crippen LogP contribution in [-0.2, 0) is 10.0 Å². The van der Waals surface area contributed by atoms with Crippen molar-refractivity contribution in [3.63, 3.8) is 0 Å². The highest BCUT2D eigenvalue weighted by Crippen LogP contribution is 2.25. The van der Waals surface area contributed by atoms with Gasteiger partial charge < -0.3 is 4.74 Å². The average Bonchev–Trinajstić information content (AvgIpc) is 2.94. The number of hydrogen-bond donors (Lipinski definition) is 1. The number of nitrogens with zero attached hydrogens (tertiary/aromatic N) is 4. The number of nitrogens with one attached hydrogen (secondary N) is 1. The number of aryl methyl sites for hydroxylation is 2. The molecule has 172 valence electrons. The smallest absolute Gasteiger partial charge is 0.390 e. The molecule has 8 nitrogen and oxygen atoms in total. The molecule has 0 aliphatic heterocycles. The number of rotatable bonds is 7. The summed E-state index contributed by atoms with van der Waals surface area (Å²) < 4.78 is 70.0. The third-order valence-corrected chi connectivity index (χ3v) is 5.96. The fourth-order valence-electron chi connectivity index (χ4n) is 2.82. The number of halogens is 3. The Hall–Kier alpha value is -3.15. The Kier molecular flexibility index (Phi) is 6.44. The first-order chi connectivity index (χ1) is 14.8. The van der Waals surface area contributed by atoms with Crippen LogP contribution in [0.2, 0.25) is 0 Å². The second kappa shape index (κ2) is 8.77. The van der Waals surface area contributed by atoms with E-state index in [2.05, 4.69) is 19.8 Å². The first kappa shape index (κ1) is 23.5. The molecular weight excluding hydrogens is 447 g/mol. The molecule has 32 heavy (non-hydrogen) atoms. The number of sulfonamides is 1. The van der Waals surface area contributed by atoms with Crippen molar-refractivity contribution < 1.29 is 26.3 Å². The number of alkyl halides is 3. The van der Waals surface area contributed by atoms with E-state index in [-0.39, 0.29) is 11.6 Å². The topological polar surface area (TPSA) is 99.0 Å². The molecule has 0 saturated heterocycles. The number of anilines is 1. The van der Waals surface area contributed by atoms with E-state index in [1.54, 1.807) is 17.7 Å². The van der Waals surface area contributed by atoms with Crippen molar-refractivity contribution in [2.75, 3.05) is 10.5 Å². The summed E-state index contributed by atoms with van der Waals surface area (Å²) in [6.07, 6.45) is -5.97. The average molecular weight is 469 g/mol. The van der Waals surface area contributed by atoms with Crippen molar-refractivity contribution in [2.24, 2.45) is 0 Å². The SMILES string of the molecule is Cc1nc(Oc2ccc(NS(=O)(=O)CCC(F)(F)F)cc2)cc(-n2nc(C)c(C)c2C)n1. The van der Waals surface area contributed by atoms with E-state index < -0.39 is 28.4 Å². The van der Waals surface area contributed by atoms with E-state index in [1.165, 1.54) is 24.3 Å². The lowest BCUT2D eigenvalue weighted by Gasteiger charge is -2.11.